The quantitative estimate of drug-likeness (QED) is 0.773. The van der Waals surface area contributed by atoms with E-state index in [1.54, 1.807) is 17.8 Å². The molecule has 0 amide bonds. The van der Waals surface area contributed by atoms with E-state index in [9.17, 15) is 4.79 Å². The molecule has 0 N–H and O–H groups in total. The van der Waals surface area contributed by atoms with E-state index < -0.39 is 0 Å². The average molecular weight is 229 g/mol. The Morgan fingerprint density at radius 3 is 2.75 bits per heavy atom. The lowest BCUT2D eigenvalue weighted by molar-refractivity contribution is -0.121. The van der Waals surface area contributed by atoms with Gasteiger partial charge in [-0.05, 0) is 35.7 Å². The highest BCUT2D eigenvalue weighted by atomic mass is 79.9. The summed E-state index contributed by atoms with van der Waals surface area (Å²) in [6, 6.07) is 0. The number of aromatic nitrogens is 2. The molecule has 3 nitrogen and oxygen atoms in total. The van der Waals surface area contributed by atoms with Gasteiger partial charge >= 0.3 is 0 Å². The molecule has 1 fully saturated rings. The molecule has 0 bridgehead atoms. The monoisotopic (exact) mass is 228 g/mol. The summed E-state index contributed by atoms with van der Waals surface area (Å²) in [5, 5.41) is 4.12. The van der Waals surface area contributed by atoms with Crippen LogP contribution in [0.3, 0.4) is 0 Å². The summed E-state index contributed by atoms with van der Waals surface area (Å²) in [5.41, 5.74) is -0.300. The standard InChI is InChI=1S/C8H9BrN2O/c1-6(12)8(2-3-8)11-5-7(9)4-10-11/h4-5H,2-3H2,1H3. The number of hydrogen-bond donors (Lipinski definition) is 0. The minimum atomic E-state index is -0.300. The molecule has 1 heterocycles. The van der Waals surface area contributed by atoms with Crippen molar-refractivity contribution in [3.05, 3.63) is 16.9 Å². The lowest BCUT2D eigenvalue weighted by Crippen LogP contribution is -2.25. The van der Waals surface area contributed by atoms with E-state index in [2.05, 4.69) is 21.0 Å². The van der Waals surface area contributed by atoms with Crippen molar-refractivity contribution in [3.8, 4) is 0 Å². The first-order valence-electron chi connectivity index (χ1n) is 3.87. The zero-order chi connectivity index (χ0) is 8.77. The molecule has 0 aromatic carbocycles. The number of carbonyl (C=O) groups is 1. The van der Waals surface area contributed by atoms with Crippen molar-refractivity contribution >= 4 is 21.7 Å². The van der Waals surface area contributed by atoms with Crippen molar-refractivity contribution in [1.82, 2.24) is 9.78 Å². The molecule has 1 aromatic heterocycles. The fraction of sp³-hybridized carbons (Fsp3) is 0.500. The van der Waals surface area contributed by atoms with Crippen molar-refractivity contribution in [2.24, 2.45) is 0 Å². The molecule has 12 heavy (non-hydrogen) atoms. The predicted octanol–water partition coefficient (Wildman–Crippen LogP) is 1.72. The van der Waals surface area contributed by atoms with Gasteiger partial charge in [-0.15, -0.1) is 0 Å². The van der Waals surface area contributed by atoms with Gasteiger partial charge in [-0.1, -0.05) is 0 Å². The highest BCUT2D eigenvalue weighted by molar-refractivity contribution is 9.10. The molecule has 0 atom stereocenters. The minimum absolute atomic E-state index is 0.207. The van der Waals surface area contributed by atoms with Gasteiger partial charge in [0.15, 0.2) is 5.78 Å². The SMILES string of the molecule is CC(=O)C1(n2cc(Br)cn2)CC1. The lowest BCUT2D eigenvalue weighted by atomic mass is 10.2. The van der Waals surface area contributed by atoms with Crippen LogP contribution in [0.1, 0.15) is 19.8 Å². The fourth-order valence-electron chi connectivity index (χ4n) is 1.40. The maximum atomic E-state index is 11.3. The predicted molar refractivity (Wildman–Crippen MR) is 47.8 cm³/mol. The normalized spacial score (nSPS) is 19.2. The largest absolute Gasteiger partial charge is 0.297 e. The van der Waals surface area contributed by atoms with Crippen LogP contribution in [0.15, 0.2) is 16.9 Å². The van der Waals surface area contributed by atoms with Crippen molar-refractivity contribution in [2.75, 3.05) is 0 Å². The highest BCUT2D eigenvalue weighted by Gasteiger charge is 2.49. The van der Waals surface area contributed by atoms with Crippen LogP contribution in [-0.4, -0.2) is 15.6 Å². The maximum Gasteiger partial charge on any atom is 0.157 e. The van der Waals surface area contributed by atoms with Gasteiger partial charge in [-0.25, -0.2) is 0 Å². The van der Waals surface area contributed by atoms with Crippen LogP contribution < -0.4 is 0 Å². The first kappa shape index (κ1) is 7.98. The number of nitrogens with zero attached hydrogens (tertiary/aromatic N) is 2. The molecule has 0 radical (unpaired) electrons. The smallest absolute Gasteiger partial charge is 0.157 e. The van der Waals surface area contributed by atoms with E-state index in [1.807, 2.05) is 6.20 Å². The lowest BCUT2D eigenvalue weighted by Gasteiger charge is -2.10. The summed E-state index contributed by atoms with van der Waals surface area (Å²) >= 11 is 3.31. The van der Waals surface area contributed by atoms with E-state index in [0.29, 0.717) is 0 Å². The number of ketones is 1. The Balaban J connectivity index is 2.36. The molecule has 0 saturated heterocycles. The van der Waals surface area contributed by atoms with Gasteiger partial charge in [0.05, 0.1) is 10.7 Å². The first-order chi connectivity index (χ1) is 5.65. The summed E-state index contributed by atoms with van der Waals surface area (Å²) < 4.78 is 2.69. The van der Waals surface area contributed by atoms with Crippen LogP contribution in [-0.2, 0) is 10.3 Å². The molecule has 64 valence electrons. The van der Waals surface area contributed by atoms with Gasteiger partial charge in [0.1, 0.15) is 5.54 Å². The number of hydrogen-bond acceptors (Lipinski definition) is 2. The van der Waals surface area contributed by atoms with Gasteiger partial charge in [0.25, 0.3) is 0 Å². The zero-order valence-corrected chi connectivity index (χ0v) is 8.34. The molecule has 4 heteroatoms. The van der Waals surface area contributed by atoms with Gasteiger partial charge < -0.3 is 0 Å². The third kappa shape index (κ3) is 1.02. The maximum absolute atomic E-state index is 11.3. The van der Waals surface area contributed by atoms with Gasteiger partial charge in [-0.3, -0.25) is 9.48 Å². The topological polar surface area (TPSA) is 34.9 Å². The van der Waals surface area contributed by atoms with E-state index in [0.717, 1.165) is 17.3 Å². The molecule has 1 aliphatic rings. The van der Waals surface area contributed by atoms with Crippen molar-refractivity contribution in [2.45, 2.75) is 25.3 Å². The number of Topliss-reactive ketones (excluding diaryl/α,β-unsaturated/α-hetero) is 1. The van der Waals surface area contributed by atoms with Crippen LogP contribution in [0, 0.1) is 0 Å². The van der Waals surface area contributed by atoms with Crippen molar-refractivity contribution < 1.29 is 4.79 Å². The van der Waals surface area contributed by atoms with Gasteiger partial charge in [0.2, 0.25) is 0 Å². The number of halogens is 1. The Morgan fingerprint density at radius 2 is 2.42 bits per heavy atom. The summed E-state index contributed by atoms with van der Waals surface area (Å²) in [6.45, 7) is 1.63. The van der Waals surface area contributed by atoms with Crippen molar-refractivity contribution in [3.63, 3.8) is 0 Å². The summed E-state index contributed by atoms with van der Waals surface area (Å²) in [6.07, 6.45) is 5.42. The molecule has 1 saturated carbocycles. The molecule has 0 unspecified atom stereocenters. The molecule has 0 aliphatic heterocycles. The molecule has 0 spiro atoms. The Morgan fingerprint density at radius 1 is 1.75 bits per heavy atom. The number of rotatable bonds is 2. The summed E-state index contributed by atoms with van der Waals surface area (Å²) in [4.78, 5) is 11.3. The zero-order valence-electron chi connectivity index (χ0n) is 6.75. The molecular formula is C8H9BrN2O. The number of carbonyl (C=O) groups excluding carboxylic acids is 1. The van der Waals surface area contributed by atoms with E-state index in [1.165, 1.54) is 0 Å². The van der Waals surface area contributed by atoms with E-state index in [-0.39, 0.29) is 11.3 Å². The Bertz CT molecular complexity index is 328. The molecule has 2 rings (SSSR count). The minimum Gasteiger partial charge on any atom is -0.297 e. The second kappa shape index (κ2) is 2.42. The molecular weight excluding hydrogens is 220 g/mol. The molecule has 1 aliphatic carbocycles. The van der Waals surface area contributed by atoms with Crippen LogP contribution in [0.5, 0.6) is 0 Å². The van der Waals surface area contributed by atoms with Crippen LogP contribution in [0.2, 0.25) is 0 Å². The van der Waals surface area contributed by atoms with Gasteiger partial charge in [0, 0.05) is 6.20 Å². The second-order valence-electron chi connectivity index (χ2n) is 3.19. The summed E-state index contributed by atoms with van der Waals surface area (Å²) in [7, 11) is 0. The second-order valence-corrected chi connectivity index (χ2v) is 4.11. The van der Waals surface area contributed by atoms with E-state index in [4.69, 9.17) is 0 Å². The Hall–Kier alpha value is -0.640. The summed E-state index contributed by atoms with van der Waals surface area (Å²) in [5.74, 6) is 0.207. The van der Waals surface area contributed by atoms with Gasteiger partial charge in [-0.2, -0.15) is 5.10 Å². The first-order valence-corrected chi connectivity index (χ1v) is 4.66. The highest BCUT2D eigenvalue weighted by Crippen LogP contribution is 2.43. The Labute approximate surface area is 78.9 Å². The van der Waals surface area contributed by atoms with Crippen LogP contribution in [0.25, 0.3) is 0 Å². The van der Waals surface area contributed by atoms with Crippen LogP contribution >= 0.6 is 15.9 Å². The third-order valence-corrected chi connectivity index (χ3v) is 2.78. The fourth-order valence-corrected chi connectivity index (χ4v) is 1.68. The Kier molecular flexibility index (Phi) is 1.61. The van der Waals surface area contributed by atoms with Crippen LogP contribution in [0.4, 0.5) is 0 Å². The van der Waals surface area contributed by atoms with Crippen molar-refractivity contribution in [1.29, 1.82) is 0 Å². The third-order valence-electron chi connectivity index (χ3n) is 2.37. The van der Waals surface area contributed by atoms with E-state index >= 15 is 0 Å². The molecule has 1 aromatic rings. The average Bonchev–Trinajstić information content (AvgIpc) is 2.71.